The van der Waals surface area contributed by atoms with Gasteiger partial charge in [0.2, 0.25) is 0 Å². The maximum absolute atomic E-state index is 12.7. The predicted octanol–water partition coefficient (Wildman–Crippen LogP) is 15.7. The lowest BCUT2D eigenvalue weighted by molar-refractivity contribution is -0.870. The second-order valence-electron chi connectivity index (χ2n) is 20.0. The van der Waals surface area contributed by atoms with Crippen LogP contribution in [-0.4, -0.2) is 70.0 Å². The Labute approximate surface area is 391 Å². The molecule has 0 rings (SSSR count). The van der Waals surface area contributed by atoms with Crippen LogP contribution in [-0.2, 0) is 32.7 Å². The monoisotopic (exact) mass is 916 g/mol. The summed E-state index contributed by atoms with van der Waals surface area (Å²) in [5, 5.41) is 0. The summed E-state index contributed by atoms with van der Waals surface area (Å²) in [6, 6.07) is 0. The number of carbonyl (C=O) groups excluding carboxylic acids is 2. The number of nitrogens with zero attached hydrogens (tertiary/aromatic N) is 1. The molecule has 63 heavy (non-hydrogen) atoms. The third-order valence-corrected chi connectivity index (χ3v) is 13.3. The van der Waals surface area contributed by atoms with Gasteiger partial charge in [0.15, 0.2) is 6.10 Å². The molecule has 0 fully saturated rings. The van der Waals surface area contributed by atoms with Crippen molar-refractivity contribution in [1.82, 2.24) is 0 Å². The van der Waals surface area contributed by atoms with E-state index >= 15 is 0 Å². The van der Waals surface area contributed by atoms with Crippen LogP contribution in [0.2, 0.25) is 0 Å². The molecule has 0 bridgehead atoms. The van der Waals surface area contributed by atoms with E-state index < -0.39 is 26.5 Å². The summed E-state index contributed by atoms with van der Waals surface area (Å²) in [5.41, 5.74) is 0. The second-order valence-corrected chi connectivity index (χ2v) is 21.4. The smallest absolute Gasteiger partial charge is 0.306 e. The highest BCUT2D eigenvalue weighted by molar-refractivity contribution is 7.45. The van der Waals surface area contributed by atoms with Crippen molar-refractivity contribution in [2.45, 2.75) is 283 Å². The molecule has 0 heterocycles. The van der Waals surface area contributed by atoms with Crippen LogP contribution in [0, 0.1) is 0 Å². The van der Waals surface area contributed by atoms with Crippen molar-refractivity contribution >= 4 is 19.8 Å². The molecule has 2 atom stereocenters. The summed E-state index contributed by atoms with van der Waals surface area (Å²) in [5.74, 6) is -0.816. The number of quaternary nitrogens is 1. The molecule has 0 aromatic heterocycles. The fourth-order valence-electron chi connectivity index (χ4n) is 8.13. The molecule has 376 valence electrons. The average Bonchev–Trinajstić information content (AvgIpc) is 3.24. The summed E-state index contributed by atoms with van der Waals surface area (Å²) in [6.07, 6.45) is 50.2. The van der Waals surface area contributed by atoms with Gasteiger partial charge in [0, 0.05) is 12.8 Å². The number of carbonyl (C=O) groups is 2. The van der Waals surface area contributed by atoms with Gasteiger partial charge < -0.3 is 27.9 Å². The van der Waals surface area contributed by atoms with E-state index in [0.717, 1.165) is 32.1 Å². The Bertz CT molecular complexity index is 1040. The fraction of sp³-hybridized carbons (Fsp3) is 0.962. The van der Waals surface area contributed by atoms with Gasteiger partial charge in [-0.05, 0) is 12.8 Å². The number of unbranched alkanes of at least 4 members (excludes halogenated alkanes) is 37. The van der Waals surface area contributed by atoms with Gasteiger partial charge in [-0.15, -0.1) is 0 Å². The van der Waals surface area contributed by atoms with Crippen LogP contribution in [0.3, 0.4) is 0 Å². The topological polar surface area (TPSA) is 111 Å². The molecule has 0 aliphatic heterocycles. The van der Waals surface area contributed by atoms with E-state index in [1.165, 1.54) is 212 Å². The van der Waals surface area contributed by atoms with Crippen molar-refractivity contribution in [3.8, 4) is 0 Å². The highest BCUT2D eigenvalue weighted by atomic mass is 31.2. The van der Waals surface area contributed by atoms with Gasteiger partial charge in [0.25, 0.3) is 7.82 Å². The zero-order valence-electron chi connectivity index (χ0n) is 42.6. The first-order chi connectivity index (χ1) is 30.5. The standard InChI is InChI=1S/C53H106NO8P/c1-6-8-10-12-14-16-18-19-20-21-22-23-24-25-26-27-28-29-30-31-32-33-34-36-38-40-42-44-46-53(56)62-51(50-61-63(57,58)60-48-47-54(3,4)5)49-59-52(55)45-43-41-39-37-35-17-15-13-11-9-7-2/h51H,6-50H2,1-5H3. The van der Waals surface area contributed by atoms with E-state index in [4.69, 9.17) is 18.5 Å². The zero-order valence-corrected chi connectivity index (χ0v) is 43.5. The summed E-state index contributed by atoms with van der Waals surface area (Å²) in [7, 11) is 1.19. The first-order valence-corrected chi connectivity index (χ1v) is 28.7. The van der Waals surface area contributed by atoms with Crippen LogP contribution >= 0.6 is 7.82 Å². The van der Waals surface area contributed by atoms with E-state index in [0.29, 0.717) is 17.4 Å². The molecule has 0 saturated heterocycles. The van der Waals surface area contributed by atoms with Gasteiger partial charge in [-0.25, -0.2) is 0 Å². The molecule has 10 heteroatoms. The van der Waals surface area contributed by atoms with Gasteiger partial charge in [0.05, 0.1) is 27.7 Å². The number of esters is 2. The number of hydrogen-bond donors (Lipinski definition) is 0. The van der Waals surface area contributed by atoms with Crippen molar-refractivity contribution in [2.75, 3.05) is 47.5 Å². The van der Waals surface area contributed by atoms with Gasteiger partial charge in [0.1, 0.15) is 19.8 Å². The zero-order chi connectivity index (χ0) is 46.4. The van der Waals surface area contributed by atoms with Gasteiger partial charge in [-0.2, -0.15) is 0 Å². The molecular formula is C53H106NO8P. The van der Waals surface area contributed by atoms with Crippen molar-refractivity contribution < 1.29 is 42.1 Å². The second kappa shape index (κ2) is 46.1. The SMILES string of the molecule is CCCCCCCCCCCCCCCCCCCCCCCCCCCCCCC(=O)OC(COC(=O)CCCCCCCCCCCCC)COP(=O)([O-])OCC[N+](C)(C)C. The average molecular weight is 916 g/mol. The molecule has 0 amide bonds. The Morgan fingerprint density at radius 2 is 0.714 bits per heavy atom. The van der Waals surface area contributed by atoms with Crippen LogP contribution in [0.4, 0.5) is 0 Å². The summed E-state index contributed by atoms with van der Waals surface area (Å²) in [4.78, 5) is 37.6. The number of rotatable bonds is 51. The molecule has 0 aliphatic rings. The summed E-state index contributed by atoms with van der Waals surface area (Å²) >= 11 is 0. The highest BCUT2D eigenvalue weighted by Crippen LogP contribution is 2.38. The number of hydrogen-bond acceptors (Lipinski definition) is 8. The Morgan fingerprint density at radius 3 is 1.02 bits per heavy atom. The van der Waals surface area contributed by atoms with E-state index in [2.05, 4.69) is 13.8 Å². The summed E-state index contributed by atoms with van der Waals surface area (Å²) in [6.45, 7) is 4.28. The first kappa shape index (κ1) is 62.0. The largest absolute Gasteiger partial charge is 0.756 e. The molecule has 0 aromatic rings. The first-order valence-electron chi connectivity index (χ1n) is 27.2. The van der Waals surface area contributed by atoms with E-state index in [9.17, 15) is 19.0 Å². The van der Waals surface area contributed by atoms with Crippen LogP contribution < -0.4 is 4.89 Å². The maximum Gasteiger partial charge on any atom is 0.306 e. The predicted molar refractivity (Wildman–Crippen MR) is 264 cm³/mol. The Morgan fingerprint density at radius 1 is 0.429 bits per heavy atom. The van der Waals surface area contributed by atoms with Crippen LogP contribution in [0.15, 0.2) is 0 Å². The van der Waals surface area contributed by atoms with Crippen molar-refractivity contribution in [3.05, 3.63) is 0 Å². The minimum absolute atomic E-state index is 0.0255. The van der Waals surface area contributed by atoms with Crippen molar-refractivity contribution in [3.63, 3.8) is 0 Å². The van der Waals surface area contributed by atoms with Gasteiger partial charge in [-0.1, -0.05) is 251 Å². The van der Waals surface area contributed by atoms with Crippen LogP contribution in [0.5, 0.6) is 0 Å². The van der Waals surface area contributed by atoms with Crippen molar-refractivity contribution in [1.29, 1.82) is 0 Å². The third kappa shape index (κ3) is 50.3. The quantitative estimate of drug-likeness (QED) is 0.0257. The van der Waals surface area contributed by atoms with Gasteiger partial charge in [-0.3, -0.25) is 14.2 Å². The molecule has 0 aromatic carbocycles. The van der Waals surface area contributed by atoms with E-state index in [1.54, 1.807) is 0 Å². The molecule has 0 saturated carbocycles. The highest BCUT2D eigenvalue weighted by Gasteiger charge is 2.22. The van der Waals surface area contributed by atoms with E-state index in [1.807, 2.05) is 21.1 Å². The molecule has 0 radical (unpaired) electrons. The lowest BCUT2D eigenvalue weighted by atomic mass is 10.0. The molecule has 0 N–H and O–H groups in total. The Balaban J connectivity index is 4.01. The van der Waals surface area contributed by atoms with Gasteiger partial charge >= 0.3 is 11.9 Å². The maximum atomic E-state index is 12.7. The Kier molecular flexibility index (Phi) is 45.4. The van der Waals surface area contributed by atoms with Crippen LogP contribution in [0.1, 0.15) is 277 Å². The fourth-order valence-corrected chi connectivity index (χ4v) is 8.86. The molecule has 0 aliphatic carbocycles. The number of phosphoric acid groups is 1. The molecule has 9 nitrogen and oxygen atoms in total. The lowest BCUT2D eigenvalue weighted by Crippen LogP contribution is -2.37. The van der Waals surface area contributed by atoms with Crippen LogP contribution in [0.25, 0.3) is 0 Å². The van der Waals surface area contributed by atoms with Crippen molar-refractivity contribution in [2.24, 2.45) is 0 Å². The molecule has 0 spiro atoms. The number of phosphoric ester groups is 1. The minimum atomic E-state index is -4.62. The third-order valence-electron chi connectivity index (χ3n) is 12.4. The number of ether oxygens (including phenoxy) is 2. The molecular weight excluding hydrogens is 810 g/mol. The van der Waals surface area contributed by atoms with E-state index in [-0.39, 0.29) is 32.0 Å². The minimum Gasteiger partial charge on any atom is -0.756 e. The number of likely N-dealkylation sites (N-methyl/N-ethyl adjacent to an activating group) is 1. The lowest BCUT2D eigenvalue weighted by Gasteiger charge is -2.28. The summed E-state index contributed by atoms with van der Waals surface area (Å²) < 4.78 is 34.0. The molecule has 2 unspecified atom stereocenters. The Hall–Kier alpha value is -0.990. The normalized spacial score (nSPS) is 13.3.